The molecule has 6 nitrogen and oxygen atoms in total. The van der Waals surface area contributed by atoms with Crippen molar-refractivity contribution in [3.8, 4) is 0 Å². The first-order valence-corrected chi connectivity index (χ1v) is 7.69. The average Bonchev–Trinajstić information content (AvgIpc) is 2.97. The third kappa shape index (κ3) is 3.67. The van der Waals surface area contributed by atoms with Gasteiger partial charge in [0, 0.05) is 12.3 Å². The number of amides is 1. The molecule has 0 aliphatic heterocycles. The Balaban J connectivity index is 1.78. The quantitative estimate of drug-likeness (QED) is 0.704. The van der Waals surface area contributed by atoms with E-state index in [0.29, 0.717) is 38.6 Å². The Bertz CT molecular complexity index is 895. The Hall–Kier alpha value is -2.57. The Morgan fingerprint density at radius 1 is 1.21 bits per heavy atom. The van der Waals surface area contributed by atoms with Crippen molar-refractivity contribution in [1.29, 1.82) is 0 Å². The molecule has 8 heteroatoms. The van der Waals surface area contributed by atoms with Crippen LogP contribution in [0.2, 0.25) is 10.0 Å². The van der Waals surface area contributed by atoms with Crippen LogP contribution in [0.25, 0.3) is 0 Å². The highest BCUT2D eigenvalue weighted by Crippen LogP contribution is 2.31. The summed E-state index contributed by atoms with van der Waals surface area (Å²) in [4.78, 5) is 16.3. The summed E-state index contributed by atoms with van der Waals surface area (Å²) in [5.41, 5.74) is 1.58. The van der Waals surface area contributed by atoms with Crippen molar-refractivity contribution >= 4 is 46.3 Å². The molecule has 2 heterocycles. The van der Waals surface area contributed by atoms with Gasteiger partial charge in [-0.1, -0.05) is 34.4 Å². The number of hydrogen-bond acceptors (Lipinski definition) is 5. The van der Waals surface area contributed by atoms with Crippen LogP contribution < -0.4 is 10.6 Å². The molecule has 1 amide bonds. The highest BCUT2D eigenvalue weighted by molar-refractivity contribution is 6.43. The fraction of sp³-hybridized carbons (Fsp3) is 0.0625. The predicted octanol–water partition coefficient (Wildman–Crippen LogP) is 4.68. The highest BCUT2D eigenvalue weighted by atomic mass is 35.5. The van der Waals surface area contributed by atoms with Crippen LogP contribution in [-0.2, 0) is 0 Å². The van der Waals surface area contributed by atoms with E-state index >= 15 is 0 Å². The number of benzene rings is 1. The maximum absolute atomic E-state index is 12.2. The van der Waals surface area contributed by atoms with Crippen molar-refractivity contribution in [2.24, 2.45) is 0 Å². The smallest absolute Gasteiger partial charge is 0.258 e. The molecule has 3 rings (SSSR count). The molecule has 24 heavy (non-hydrogen) atoms. The minimum atomic E-state index is -0.350. The topological polar surface area (TPSA) is 80.0 Å². The summed E-state index contributed by atoms with van der Waals surface area (Å²) in [5, 5.41) is 10.3. The molecule has 1 aromatic carbocycles. The third-order valence-electron chi connectivity index (χ3n) is 3.10. The van der Waals surface area contributed by atoms with Gasteiger partial charge in [0.05, 0.1) is 33.2 Å². The fourth-order valence-electron chi connectivity index (χ4n) is 2.00. The van der Waals surface area contributed by atoms with Gasteiger partial charge in [-0.05, 0) is 25.1 Å². The minimum Gasteiger partial charge on any atom is -0.360 e. The first-order valence-electron chi connectivity index (χ1n) is 6.93. The molecule has 0 bridgehead atoms. The van der Waals surface area contributed by atoms with E-state index in [1.165, 1.54) is 6.20 Å². The number of carbonyl (C=O) groups is 1. The number of nitrogens with one attached hydrogen (secondary N) is 2. The van der Waals surface area contributed by atoms with Crippen LogP contribution in [0, 0.1) is 6.92 Å². The van der Waals surface area contributed by atoms with Gasteiger partial charge in [0.15, 0.2) is 5.82 Å². The third-order valence-corrected chi connectivity index (χ3v) is 3.92. The van der Waals surface area contributed by atoms with Crippen LogP contribution in [0.1, 0.15) is 16.1 Å². The Morgan fingerprint density at radius 2 is 2.04 bits per heavy atom. The van der Waals surface area contributed by atoms with Gasteiger partial charge in [0.2, 0.25) is 0 Å². The molecule has 0 fully saturated rings. The molecule has 0 saturated carbocycles. The number of hydrogen-bond donors (Lipinski definition) is 2. The fourth-order valence-corrected chi connectivity index (χ4v) is 2.35. The standard InChI is InChI=1S/C16H12Cl2N4O2/c1-9-5-14(22-24-9)21-16(23)10-6-11(8-19-7-10)20-13-4-2-3-12(17)15(13)18/h2-8,20H,1H3,(H,21,22,23). The maximum Gasteiger partial charge on any atom is 0.258 e. The van der Waals surface area contributed by atoms with Gasteiger partial charge in [0.25, 0.3) is 5.91 Å². The summed E-state index contributed by atoms with van der Waals surface area (Å²) in [7, 11) is 0. The minimum absolute atomic E-state index is 0.341. The molecule has 3 aromatic rings. The molecule has 0 radical (unpaired) electrons. The van der Waals surface area contributed by atoms with E-state index in [0.717, 1.165) is 0 Å². The lowest BCUT2D eigenvalue weighted by molar-refractivity contribution is 0.102. The molecule has 0 aliphatic carbocycles. The second-order valence-corrected chi connectivity index (χ2v) is 5.75. The number of pyridine rings is 1. The van der Waals surface area contributed by atoms with Crippen molar-refractivity contribution in [3.05, 3.63) is 64.1 Å². The molecule has 0 spiro atoms. The molecule has 0 saturated heterocycles. The normalized spacial score (nSPS) is 10.5. The van der Waals surface area contributed by atoms with Crippen molar-refractivity contribution < 1.29 is 9.32 Å². The van der Waals surface area contributed by atoms with Gasteiger partial charge >= 0.3 is 0 Å². The van der Waals surface area contributed by atoms with Gasteiger partial charge in [-0.3, -0.25) is 9.78 Å². The molecular weight excluding hydrogens is 351 g/mol. The van der Waals surface area contributed by atoms with Crippen molar-refractivity contribution in [2.75, 3.05) is 10.6 Å². The van der Waals surface area contributed by atoms with Crippen molar-refractivity contribution in [2.45, 2.75) is 6.92 Å². The number of carbonyl (C=O) groups excluding carboxylic acids is 1. The molecule has 0 aliphatic rings. The highest BCUT2D eigenvalue weighted by Gasteiger charge is 2.11. The Morgan fingerprint density at radius 3 is 2.79 bits per heavy atom. The molecule has 0 unspecified atom stereocenters. The molecule has 2 aromatic heterocycles. The lowest BCUT2D eigenvalue weighted by atomic mass is 10.2. The number of halogens is 2. The molecular formula is C16H12Cl2N4O2. The summed E-state index contributed by atoms with van der Waals surface area (Å²) in [6.45, 7) is 1.74. The van der Waals surface area contributed by atoms with E-state index in [1.807, 2.05) is 0 Å². The zero-order valence-electron chi connectivity index (χ0n) is 12.5. The van der Waals surface area contributed by atoms with Gasteiger partial charge in [-0.25, -0.2) is 0 Å². The maximum atomic E-state index is 12.2. The molecule has 2 N–H and O–H groups in total. The first-order chi connectivity index (χ1) is 11.5. The zero-order chi connectivity index (χ0) is 17.1. The Kier molecular flexibility index (Phi) is 4.69. The van der Waals surface area contributed by atoms with E-state index in [4.69, 9.17) is 27.7 Å². The average molecular weight is 363 g/mol. The van der Waals surface area contributed by atoms with Crippen LogP contribution in [0.3, 0.4) is 0 Å². The summed E-state index contributed by atoms with van der Waals surface area (Å²) in [6.07, 6.45) is 3.03. The van der Waals surface area contributed by atoms with Crippen LogP contribution in [0.4, 0.5) is 17.2 Å². The van der Waals surface area contributed by atoms with Gasteiger partial charge < -0.3 is 15.2 Å². The summed E-state index contributed by atoms with van der Waals surface area (Å²) in [6, 6.07) is 8.51. The van der Waals surface area contributed by atoms with Crippen LogP contribution in [0.5, 0.6) is 0 Å². The van der Waals surface area contributed by atoms with E-state index in [-0.39, 0.29) is 5.91 Å². The van der Waals surface area contributed by atoms with Crippen molar-refractivity contribution in [1.82, 2.24) is 10.1 Å². The molecule has 122 valence electrons. The first kappa shape index (κ1) is 16.3. The Labute approximate surface area is 147 Å². The lowest BCUT2D eigenvalue weighted by Crippen LogP contribution is -2.12. The number of rotatable bonds is 4. The van der Waals surface area contributed by atoms with Crippen molar-refractivity contribution in [3.63, 3.8) is 0 Å². The monoisotopic (exact) mass is 362 g/mol. The van der Waals surface area contributed by atoms with Crippen LogP contribution in [0.15, 0.2) is 47.2 Å². The van der Waals surface area contributed by atoms with Gasteiger partial charge in [0.1, 0.15) is 5.76 Å². The van der Waals surface area contributed by atoms with Gasteiger partial charge in [-0.15, -0.1) is 0 Å². The summed E-state index contributed by atoms with van der Waals surface area (Å²) >= 11 is 12.1. The van der Waals surface area contributed by atoms with E-state index in [2.05, 4.69) is 20.8 Å². The molecule has 0 atom stereocenters. The number of aromatic nitrogens is 2. The summed E-state index contributed by atoms with van der Waals surface area (Å²) in [5.74, 6) is 0.597. The lowest BCUT2D eigenvalue weighted by Gasteiger charge is -2.10. The van der Waals surface area contributed by atoms with E-state index in [1.54, 1.807) is 43.5 Å². The van der Waals surface area contributed by atoms with Crippen LogP contribution >= 0.6 is 23.2 Å². The van der Waals surface area contributed by atoms with E-state index < -0.39 is 0 Å². The second-order valence-electron chi connectivity index (χ2n) is 4.97. The van der Waals surface area contributed by atoms with E-state index in [9.17, 15) is 4.79 Å². The van der Waals surface area contributed by atoms with Gasteiger partial charge in [-0.2, -0.15) is 0 Å². The van der Waals surface area contributed by atoms with Crippen LogP contribution in [-0.4, -0.2) is 16.0 Å². The second kappa shape index (κ2) is 6.90. The summed E-state index contributed by atoms with van der Waals surface area (Å²) < 4.78 is 4.91. The number of nitrogens with zero attached hydrogens (tertiary/aromatic N) is 2. The predicted molar refractivity (Wildman–Crippen MR) is 93.2 cm³/mol. The SMILES string of the molecule is Cc1cc(NC(=O)c2cncc(Nc3cccc(Cl)c3Cl)c2)no1. The largest absolute Gasteiger partial charge is 0.360 e. The number of aryl methyl sites for hydroxylation is 1. The number of anilines is 3. The zero-order valence-corrected chi connectivity index (χ0v) is 14.0.